The van der Waals surface area contributed by atoms with E-state index in [1.54, 1.807) is 4.90 Å². The van der Waals surface area contributed by atoms with Gasteiger partial charge in [-0.25, -0.2) is 0 Å². The second kappa shape index (κ2) is 6.55. The van der Waals surface area contributed by atoms with Gasteiger partial charge < -0.3 is 9.64 Å². The van der Waals surface area contributed by atoms with E-state index in [0.29, 0.717) is 0 Å². The van der Waals surface area contributed by atoms with E-state index in [9.17, 15) is 9.59 Å². The van der Waals surface area contributed by atoms with Crippen LogP contribution in [0.2, 0.25) is 0 Å². The predicted octanol–water partition coefficient (Wildman–Crippen LogP) is 2.37. The Labute approximate surface area is 120 Å². The molecule has 4 heteroatoms. The molecular formula is C16H23NO3. The number of benzene rings is 1. The van der Waals surface area contributed by atoms with Crippen molar-refractivity contribution in [1.29, 1.82) is 0 Å². The SMILES string of the molecule is COC(=O)CN(C(=O)C(C)(C)c1ccccc1)C(C)C. The summed E-state index contributed by atoms with van der Waals surface area (Å²) in [6, 6.07) is 9.51. The molecule has 1 aromatic rings. The Morgan fingerprint density at radius 2 is 1.75 bits per heavy atom. The molecule has 0 bridgehead atoms. The van der Waals surface area contributed by atoms with Gasteiger partial charge in [0, 0.05) is 6.04 Å². The highest BCUT2D eigenvalue weighted by Gasteiger charge is 2.35. The molecule has 0 spiro atoms. The smallest absolute Gasteiger partial charge is 0.325 e. The van der Waals surface area contributed by atoms with Crippen LogP contribution >= 0.6 is 0 Å². The molecule has 0 aliphatic heterocycles. The van der Waals surface area contributed by atoms with Crippen LogP contribution in [0.5, 0.6) is 0 Å². The van der Waals surface area contributed by atoms with Crippen LogP contribution in [-0.4, -0.2) is 36.5 Å². The van der Waals surface area contributed by atoms with Gasteiger partial charge in [-0.2, -0.15) is 0 Å². The highest BCUT2D eigenvalue weighted by Crippen LogP contribution is 2.26. The van der Waals surface area contributed by atoms with Crippen LogP contribution < -0.4 is 0 Å². The van der Waals surface area contributed by atoms with Crippen molar-refractivity contribution < 1.29 is 14.3 Å². The van der Waals surface area contributed by atoms with Crippen LogP contribution in [0.3, 0.4) is 0 Å². The third kappa shape index (κ3) is 3.59. The average molecular weight is 277 g/mol. The van der Waals surface area contributed by atoms with Gasteiger partial charge in [0.2, 0.25) is 5.91 Å². The molecule has 0 heterocycles. The highest BCUT2D eigenvalue weighted by atomic mass is 16.5. The van der Waals surface area contributed by atoms with Gasteiger partial charge in [-0.15, -0.1) is 0 Å². The Kier molecular flexibility index (Phi) is 5.31. The lowest BCUT2D eigenvalue weighted by Gasteiger charge is -2.34. The summed E-state index contributed by atoms with van der Waals surface area (Å²) in [6.45, 7) is 7.50. The zero-order valence-corrected chi connectivity index (χ0v) is 12.8. The molecule has 0 aliphatic rings. The molecule has 0 unspecified atom stereocenters. The predicted molar refractivity (Wildman–Crippen MR) is 78.3 cm³/mol. The normalized spacial score (nSPS) is 11.3. The molecule has 0 fully saturated rings. The molecule has 1 amide bonds. The molecule has 0 aromatic heterocycles. The van der Waals surface area contributed by atoms with Gasteiger partial charge in [-0.05, 0) is 33.3 Å². The minimum atomic E-state index is -0.681. The van der Waals surface area contributed by atoms with Crippen LogP contribution in [0.15, 0.2) is 30.3 Å². The standard InChI is InChI=1S/C16H23NO3/c1-12(2)17(11-14(18)20-5)15(19)16(3,4)13-9-7-6-8-10-13/h6-10,12H,11H2,1-5H3. The summed E-state index contributed by atoms with van der Waals surface area (Å²) in [4.78, 5) is 25.8. The molecule has 110 valence electrons. The molecule has 0 saturated heterocycles. The van der Waals surface area contributed by atoms with E-state index in [4.69, 9.17) is 0 Å². The van der Waals surface area contributed by atoms with Crippen molar-refractivity contribution in [2.24, 2.45) is 0 Å². The minimum absolute atomic E-state index is 0.0245. The van der Waals surface area contributed by atoms with E-state index in [-0.39, 0.29) is 18.5 Å². The van der Waals surface area contributed by atoms with Crippen LogP contribution in [-0.2, 0) is 19.7 Å². The van der Waals surface area contributed by atoms with Crippen molar-refractivity contribution in [3.63, 3.8) is 0 Å². The maximum Gasteiger partial charge on any atom is 0.325 e. The summed E-state index contributed by atoms with van der Waals surface area (Å²) >= 11 is 0. The second-order valence-corrected chi connectivity index (χ2v) is 5.59. The number of rotatable bonds is 5. The first-order chi connectivity index (χ1) is 9.30. The molecule has 0 N–H and O–H groups in total. The number of carbonyl (C=O) groups excluding carboxylic acids is 2. The molecule has 4 nitrogen and oxygen atoms in total. The number of carbonyl (C=O) groups is 2. The van der Waals surface area contributed by atoms with E-state index in [0.717, 1.165) is 5.56 Å². The van der Waals surface area contributed by atoms with Crippen LogP contribution in [0, 0.1) is 0 Å². The van der Waals surface area contributed by atoms with Crippen LogP contribution in [0.4, 0.5) is 0 Å². The first-order valence-corrected chi connectivity index (χ1v) is 6.74. The molecule has 0 radical (unpaired) electrons. The quantitative estimate of drug-likeness (QED) is 0.776. The largest absolute Gasteiger partial charge is 0.468 e. The molecule has 20 heavy (non-hydrogen) atoms. The molecular weight excluding hydrogens is 254 g/mol. The molecule has 0 aliphatic carbocycles. The van der Waals surface area contributed by atoms with Crippen molar-refractivity contribution in [2.45, 2.75) is 39.2 Å². The van der Waals surface area contributed by atoms with Crippen molar-refractivity contribution in [3.8, 4) is 0 Å². The minimum Gasteiger partial charge on any atom is -0.468 e. The number of esters is 1. The van der Waals surface area contributed by atoms with Gasteiger partial charge in [-0.3, -0.25) is 9.59 Å². The maximum absolute atomic E-state index is 12.8. The number of nitrogens with zero attached hydrogens (tertiary/aromatic N) is 1. The van der Waals surface area contributed by atoms with Gasteiger partial charge in [0.15, 0.2) is 0 Å². The summed E-state index contributed by atoms with van der Waals surface area (Å²) in [5.74, 6) is -0.486. The second-order valence-electron chi connectivity index (χ2n) is 5.59. The number of amides is 1. The zero-order valence-electron chi connectivity index (χ0n) is 12.8. The number of ether oxygens (including phenoxy) is 1. The topological polar surface area (TPSA) is 46.6 Å². The number of methoxy groups -OCH3 is 1. The van der Waals surface area contributed by atoms with E-state index < -0.39 is 11.4 Å². The van der Waals surface area contributed by atoms with E-state index in [1.165, 1.54) is 7.11 Å². The molecule has 0 saturated carbocycles. The first kappa shape index (κ1) is 16.2. The first-order valence-electron chi connectivity index (χ1n) is 6.74. The average Bonchev–Trinajstić information content (AvgIpc) is 2.44. The Morgan fingerprint density at radius 3 is 2.20 bits per heavy atom. The fraction of sp³-hybridized carbons (Fsp3) is 0.500. The maximum atomic E-state index is 12.8. The van der Waals surface area contributed by atoms with Crippen LogP contribution in [0.25, 0.3) is 0 Å². The van der Waals surface area contributed by atoms with Gasteiger partial charge >= 0.3 is 5.97 Å². The van der Waals surface area contributed by atoms with Crippen molar-refractivity contribution in [3.05, 3.63) is 35.9 Å². The zero-order chi connectivity index (χ0) is 15.3. The van der Waals surface area contributed by atoms with E-state index in [2.05, 4.69) is 4.74 Å². The third-order valence-electron chi connectivity index (χ3n) is 3.44. The van der Waals surface area contributed by atoms with Crippen molar-refractivity contribution in [2.75, 3.05) is 13.7 Å². The molecule has 0 atom stereocenters. The van der Waals surface area contributed by atoms with Crippen molar-refractivity contribution in [1.82, 2.24) is 4.90 Å². The lowest BCUT2D eigenvalue weighted by atomic mass is 9.83. The van der Waals surface area contributed by atoms with Crippen molar-refractivity contribution >= 4 is 11.9 Å². The number of hydrogen-bond donors (Lipinski definition) is 0. The van der Waals surface area contributed by atoms with Gasteiger partial charge in [-0.1, -0.05) is 30.3 Å². The van der Waals surface area contributed by atoms with Gasteiger partial charge in [0.25, 0.3) is 0 Å². The Hall–Kier alpha value is -1.84. The fourth-order valence-electron chi connectivity index (χ4n) is 2.03. The monoisotopic (exact) mass is 277 g/mol. The summed E-state index contributed by atoms with van der Waals surface area (Å²) < 4.78 is 4.67. The Balaban J connectivity index is 3.02. The summed E-state index contributed by atoms with van der Waals surface area (Å²) in [5, 5.41) is 0. The Morgan fingerprint density at radius 1 is 1.20 bits per heavy atom. The number of hydrogen-bond acceptors (Lipinski definition) is 3. The van der Waals surface area contributed by atoms with E-state index >= 15 is 0 Å². The van der Waals surface area contributed by atoms with Gasteiger partial charge in [0.1, 0.15) is 6.54 Å². The highest BCUT2D eigenvalue weighted by molar-refractivity contribution is 5.90. The third-order valence-corrected chi connectivity index (χ3v) is 3.44. The lowest BCUT2D eigenvalue weighted by Crippen LogP contribution is -2.49. The Bertz CT molecular complexity index is 466. The molecule has 1 aromatic carbocycles. The fourth-order valence-corrected chi connectivity index (χ4v) is 2.03. The summed E-state index contributed by atoms with van der Waals surface area (Å²) in [6.07, 6.45) is 0. The lowest BCUT2D eigenvalue weighted by molar-refractivity contribution is -0.150. The summed E-state index contributed by atoms with van der Waals surface area (Å²) in [7, 11) is 1.33. The van der Waals surface area contributed by atoms with Crippen LogP contribution in [0.1, 0.15) is 33.3 Å². The summed E-state index contributed by atoms with van der Waals surface area (Å²) in [5.41, 5.74) is 0.250. The van der Waals surface area contributed by atoms with E-state index in [1.807, 2.05) is 58.0 Å². The van der Waals surface area contributed by atoms with Gasteiger partial charge in [0.05, 0.1) is 12.5 Å². The molecule has 1 rings (SSSR count).